The molecule has 124 valence electrons. The zero-order chi connectivity index (χ0) is 16.8. The number of halogens is 1. The molecule has 0 aliphatic rings. The van der Waals surface area contributed by atoms with Gasteiger partial charge in [0.05, 0.1) is 5.02 Å². The summed E-state index contributed by atoms with van der Waals surface area (Å²) in [5.41, 5.74) is 0. The third-order valence-electron chi connectivity index (χ3n) is 2.77. The van der Waals surface area contributed by atoms with Crippen molar-refractivity contribution in [1.29, 1.82) is 0 Å². The number of amides is 1. The number of ether oxygens (including phenoxy) is 1. The Labute approximate surface area is 156 Å². The van der Waals surface area contributed by atoms with E-state index in [1.54, 1.807) is 47.4 Å². The number of carbonyl (C=O) groups excluding carboxylic acids is 1. The topological polar surface area (TPSA) is 64.1 Å². The summed E-state index contributed by atoms with van der Waals surface area (Å²) in [6.07, 6.45) is 0. The predicted octanol–water partition coefficient (Wildman–Crippen LogP) is 4.56. The minimum Gasteiger partial charge on any atom is -0.482 e. The Morgan fingerprint density at radius 3 is 2.92 bits per heavy atom. The molecular weight excluding hydrogens is 386 g/mol. The molecule has 0 spiro atoms. The van der Waals surface area contributed by atoms with Gasteiger partial charge in [0.25, 0.3) is 5.91 Å². The number of thioether (sulfide) groups is 1. The van der Waals surface area contributed by atoms with Crippen LogP contribution in [0.4, 0.5) is 5.13 Å². The van der Waals surface area contributed by atoms with Crippen molar-refractivity contribution in [2.75, 3.05) is 11.9 Å². The van der Waals surface area contributed by atoms with Crippen LogP contribution < -0.4 is 10.1 Å². The molecule has 0 saturated heterocycles. The molecule has 5 nitrogen and oxygen atoms in total. The van der Waals surface area contributed by atoms with Gasteiger partial charge in [-0.3, -0.25) is 10.1 Å². The Balaban J connectivity index is 1.47. The van der Waals surface area contributed by atoms with Gasteiger partial charge in [0.15, 0.2) is 10.9 Å². The molecule has 0 unspecified atom stereocenters. The van der Waals surface area contributed by atoms with Crippen molar-refractivity contribution in [1.82, 2.24) is 10.2 Å². The molecular formula is C15H12ClN3O2S3. The quantitative estimate of drug-likeness (QED) is 0.467. The van der Waals surface area contributed by atoms with Gasteiger partial charge < -0.3 is 4.74 Å². The Bertz CT molecular complexity index is 808. The summed E-state index contributed by atoms with van der Waals surface area (Å²) in [6.45, 7) is -0.138. The normalized spacial score (nSPS) is 10.5. The molecule has 2 heterocycles. The lowest BCUT2D eigenvalue weighted by molar-refractivity contribution is -0.118. The highest BCUT2D eigenvalue weighted by Gasteiger charge is 2.10. The summed E-state index contributed by atoms with van der Waals surface area (Å²) in [5, 5.41) is 13.7. The van der Waals surface area contributed by atoms with Crippen molar-refractivity contribution in [2.45, 2.75) is 10.1 Å². The second kappa shape index (κ2) is 8.48. The highest BCUT2D eigenvalue weighted by molar-refractivity contribution is 8.00. The minimum atomic E-state index is -0.305. The van der Waals surface area contributed by atoms with Crippen LogP contribution in [0.2, 0.25) is 5.02 Å². The summed E-state index contributed by atoms with van der Waals surface area (Å²) >= 11 is 10.6. The van der Waals surface area contributed by atoms with E-state index in [2.05, 4.69) is 21.6 Å². The van der Waals surface area contributed by atoms with Gasteiger partial charge in [0.1, 0.15) is 5.75 Å². The van der Waals surface area contributed by atoms with Gasteiger partial charge in [-0.1, -0.05) is 52.9 Å². The Kier molecular flexibility index (Phi) is 6.08. The number of carbonyl (C=O) groups is 1. The van der Waals surface area contributed by atoms with Gasteiger partial charge >= 0.3 is 0 Å². The third kappa shape index (κ3) is 4.94. The van der Waals surface area contributed by atoms with E-state index < -0.39 is 0 Å². The fraction of sp³-hybridized carbons (Fsp3) is 0.133. The molecule has 3 aromatic rings. The molecule has 0 saturated carbocycles. The highest BCUT2D eigenvalue weighted by atomic mass is 35.5. The van der Waals surface area contributed by atoms with E-state index in [4.69, 9.17) is 16.3 Å². The first-order valence-electron chi connectivity index (χ1n) is 6.86. The number of benzene rings is 1. The van der Waals surface area contributed by atoms with Crippen LogP contribution in [0, 0.1) is 0 Å². The van der Waals surface area contributed by atoms with Gasteiger partial charge in [-0.25, -0.2) is 0 Å². The molecule has 24 heavy (non-hydrogen) atoms. The fourth-order valence-electron chi connectivity index (χ4n) is 1.71. The molecule has 1 amide bonds. The summed E-state index contributed by atoms with van der Waals surface area (Å²) in [6, 6.07) is 11.1. The number of para-hydroxylation sites is 1. The van der Waals surface area contributed by atoms with Gasteiger partial charge in [-0.05, 0) is 23.6 Å². The van der Waals surface area contributed by atoms with Crippen LogP contribution >= 0.6 is 46.0 Å². The van der Waals surface area contributed by atoms with Gasteiger partial charge in [0, 0.05) is 10.6 Å². The van der Waals surface area contributed by atoms with Crippen molar-refractivity contribution in [3.63, 3.8) is 0 Å². The number of hydrogen-bond acceptors (Lipinski definition) is 7. The third-order valence-corrected chi connectivity index (χ3v) is 6.16. The molecule has 0 aliphatic carbocycles. The molecule has 0 bridgehead atoms. The number of aromatic nitrogens is 2. The lowest BCUT2D eigenvalue weighted by Crippen LogP contribution is -2.20. The highest BCUT2D eigenvalue weighted by Crippen LogP contribution is 2.29. The van der Waals surface area contributed by atoms with Gasteiger partial charge in [0.2, 0.25) is 5.13 Å². The second-order valence-corrected chi connectivity index (χ2v) is 8.15. The summed E-state index contributed by atoms with van der Waals surface area (Å²) in [7, 11) is 0. The Morgan fingerprint density at radius 2 is 2.12 bits per heavy atom. The predicted molar refractivity (Wildman–Crippen MR) is 99.4 cm³/mol. The molecule has 0 aliphatic heterocycles. The minimum absolute atomic E-state index is 0.138. The van der Waals surface area contributed by atoms with E-state index in [1.165, 1.54) is 16.2 Å². The number of nitrogens with zero attached hydrogens (tertiary/aromatic N) is 2. The number of anilines is 1. The van der Waals surface area contributed by atoms with Crippen molar-refractivity contribution in [3.05, 3.63) is 51.7 Å². The largest absolute Gasteiger partial charge is 0.482 e. The molecule has 3 rings (SSSR count). The monoisotopic (exact) mass is 397 g/mol. The van der Waals surface area contributed by atoms with Crippen LogP contribution in [-0.2, 0) is 10.5 Å². The average Bonchev–Trinajstić information content (AvgIpc) is 3.24. The van der Waals surface area contributed by atoms with Crippen LogP contribution in [0.15, 0.2) is 46.1 Å². The first-order valence-corrected chi connectivity index (χ1v) is 9.92. The number of nitrogens with one attached hydrogen (secondary N) is 1. The number of thiophene rings is 1. The van der Waals surface area contributed by atoms with Crippen LogP contribution in [-0.4, -0.2) is 22.7 Å². The first-order chi connectivity index (χ1) is 11.7. The van der Waals surface area contributed by atoms with Crippen molar-refractivity contribution < 1.29 is 9.53 Å². The number of rotatable bonds is 7. The van der Waals surface area contributed by atoms with E-state index in [9.17, 15) is 4.79 Å². The smallest absolute Gasteiger partial charge is 0.264 e. The average molecular weight is 398 g/mol. The van der Waals surface area contributed by atoms with Crippen LogP contribution in [0.25, 0.3) is 0 Å². The molecule has 0 atom stereocenters. The van der Waals surface area contributed by atoms with Gasteiger partial charge in [-0.2, -0.15) is 0 Å². The second-order valence-electron chi connectivity index (χ2n) is 4.51. The molecule has 9 heteroatoms. The van der Waals surface area contributed by atoms with E-state index in [0.29, 0.717) is 15.9 Å². The fourth-order valence-corrected chi connectivity index (χ4v) is 4.44. The maximum absolute atomic E-state index is 11.9. The molecule has 0 radical (unpaired) electrons. The molecule has 1 aromatic carbocycles. The summed E-state index contributed by atoms with van der Waals surface area (Å²) < 4.78 is 6.19. The Morgan fingerprint density at radius 1 is 1.25 bits per heavy atom. The van der Waals surface area contributed by atoms with Crippen molar-refractivity contribution >= 4 is 57.1 Å². The van der Waals surface area contributed by atoms with Crippen LogP contribution in [0.1, 0.15) is 4.88 Å². The summed E-state index contributed by atoms with van der Waals surface area (Å²) in [5.74, 6) is 1.01. The zero-order valence-electron chi connectivity index (χ0n) is 12.3. The van der Waals surface area contributed by atoms with Crippen LogP contribution in [0.3, 0.4) is 0 Å². The summed E-state index contributed by atoms with van der Waals surface area (Å²) in [4.78, 5) is 13.2. The maximum atomic E-state index is 11.9. The van der Waals surface area contributed by atoms with Crippen molar-refractivity contribution in [2.24, 2.45) is 0 Å². The molecule has 2 aromatic heterocycles. The Hall–Kier alpha value is -1.61. The number of hydrogen-bond donors (Lipinski definition) is 1. The van der Waals surface area contributed by atoms with E-state index in [0.717, 1.165) is 10.1 Å². The standard InChI is InChI=1S/C15H12ClN3O2S3/c16-11-5-1-2-6-12(11)21-8-13(20)17-14-18-19-15(24-14)23-9-10-4-3-7-22-10/h1-7H,8-9H2,(H,17,18,20). The van der Waals surface area contributed by atoms with Gasteiger partial charge in [-0.15, -0.1) is 21.5 Å². The van der Waals surface area contributed by atoms with E-state index >= 15 is 0 Å². The molecule has 0 fully saturated rings. The van der Waals surface area contributed by atoms with Crippen LogP contribution in [0.5, 0.6) is 5.75 Å². The van der Waals surface area contributed by atoms with Crippen molar-refractivity contribution in [3.8, 4) is 5.75 Å². The van der Waals surface area contributed by atoms with E-state index in [1.807, 2.05) is 11.4 Å². The lowest BCUT2D eigenvalue weighted by atomic mass is 10.3. The molecule has 1 N–H and O–H groups in total. The van der Waals surface area contributed by atoms with E-state index in [-0.39, 0.29) is 12.5 Å². The first kappa shape index (κ1) is 17.2. The zero-order valence-corrected chi connectivity index (χ0v) is 15.5. The SMILES string of the molecule is O=C(COc1ccccc1Cl)Nc1nnc(SCc2cccs2)s1. The maximum Gasteiger partial charge on any atom is 0.264 e. The lowest BCUT2D eigenvalue weighted by Gasteiger charge is -2.06.